The molecule has 0 bridgehead atoms. The van der Waals surface area contributed by atoms with Gasteiger partial charge in [-0.3, -0.25) is 9.78 Å². The monoisotopic (exact) mass is 347 g/mol. The SMILES string of the molecule is C=C(Cc1cc(C(F)(F)F)c(C)cn1)C(O)/C(C)=C(/Cl)C(C)=O. The number of aliphatic hydroxyl groups excluding tert-OH is 1. The molecule has 1 aromatic heterocycles. The molecule has 1 heterocycles. The number of hydrogen-bond donors (Lipinski definition) is 1. The summed E-state index contributed by atoms with van der Waals surface area (Å²) < 4.78 is 38.7. The highest BCUT2D eigenvalue weighted by molar-refractivity contribution is 6.42. The van der Waals surface area contributed by atoms with Crippen LogP contribution in [-0.2, 0) is 17.4 Å². The molecule has 1 rings (SSSR count). The molecular formula is C16H17ClF3NO2. The summed E-state index contributed by atoms with van der Waals surface area (Å²) in [5.41, 5.74) is -0.237. The predicted molar refractivity (Wildman–Crippen MR) is 82.1 cm³/mol. The molecule has 23 heavy (non-hydrogen) atoms. The minimum absolute atomic E-state index is 0.0168. The molecule has 0 fully saturated rings. The maximum Gasteiger partial charge on any atom is 0.416 e. The van der Waals surface area contributed by atoms with E-state index >= 15 is 0 Å². The van der Waals surface area contributed by atoms with E-state index in [9.17, 15) is 23.1 Å². The summed E-state index contributed by atoms with van der Waals surface area (Å²) in [4.78, 5) is 15.1. The Bertz CT molecular complexity index is 666. The highest BCUT2D eigenvalue weighted by Crippen LogP contribution is 2.32. The largest absolute Gasteiger partial charge is 0.416 e. The number of nitrogens with zero attached hydrogens (tertiary/aromatic N) is 1. The van der Waals surface area contributed by atoms with E-state index in [4.69, 9.17) is 11.6 Å². The molecule has 1 N–H and O–H groups in total. The Hall–Kier alpha value is -1.66. The van der Waals surface area contributed by atoms with Crippen molar-refractivity contribution in [3.05, 3.63) is 51.8 Å². The van der Waals surface area contributed by atoms with Crippen LogP contribution < -0.4 is 0 Å². The molecule has 126 valence electrons. The zero-order valence-corrected chi connectivity index (χ0v) is 13.7. The second kappa shape index (κ2) is 7.27. The second-order valence-corrected chi connectivity index (χ2v) is 5.66. The molecule has 0 aliphatic rings. The average molecular weight is 348 g/mol. The van der Waals surface area contributed by atoms with Crippen LogP contribution in [0.2, 0.25) is 0 Å². The van der Waals surface area contributed by atoms with Crippen LogP contribution in [0.3, 0.4) is 0 Å². The zero-order chi connectivity index (χ0) is 17.9. The number of aliphatic hydroxyl groups is 1. The Labute approximate surface area is 137 Å². The molecule has 0 aliphatic carbocycles. The molecule has 0 aliphatic heterocycles. The average Bonchev–Trinajstić information content (AvgIpc) is 2.45. The molecule has 0 amide bonds. The van der Waals surface area contributed by atoms with Gasteiger partial charge in [0.1, 0.15) is 0 Å². The lowest BCUT2D eigenvalue weighted by molar-refractivity contribution is -0.138. The molecule has 1 atom stereocenters. The number of alkyl halides is 3. The molecule has 3 nitrogen and oxygen atoms in total. The number of Topliss-reactive ketones (excluding diaryl/α,β-unsaturated/α-hetero) is 1. The van der Waals surface area contributed by atoms with E-state index in [0.717, 1.165) is 12.3 Å². The van der Waals surface area contributed by atoms with Crippen molar-refractivity contribution in [2.45, 2.75) is 39.5 Å². The number of ketones is 1. The van der Waals surface area contributed by atoms with Crippen molar-refractivity contribution in [2.75, 3.05) is 0 Å². The fourth-order valence-corrected chi connectivity index (χ4v) is 2.11. The summed E-state index contributed by atoms with van der Waals surface area (Å²) >= 11 is 5.78. The van der Waals surface area contributed by atoms with Crippen molar-refractivity contribution < 1.29 is 23.1 Å². The van der Waals surface area contributed by atoms with Crippen molar-refractivity contribution in [3.63, 3.8) is 0 Å². The van der Waals surface area contributed by atoms with Gasteiger partial charge < -0.3 is 5.11 Å². The highest BCUT2D eigenvalue weighted by Gasteiger charge is 2.33. The Morgan fingerprint density at radius 2 is 2.00 bits per heavy atom. The minimum Gasteiger partial charge on any atom is -0.384 e. The van der Waals surface area contributed by atoms with Crippen molar-refractivity contribution in [3.8, 4) is 0 Å². The molecule has 0 aromatic carbocycles. The van der Waals surface area contributed by atoms with Gasteiger partial charge in [0, 0.05) is 25.2 Å². The summed E-state index contributed by atoms with van der Waals surface area (Å²) in [5, 5.41) is 9.99. The van der Waals surface area contributed by atoms with Gasteiger partial charge in [-0.25, -0.2) is 0 Å². The summed E-state index contributed by atoms with van der Waals surface area (Å²) in [7, 11) is 0. The van der Waals surface area contributed by atoms with Crippen LogP contribution in [0.4, 0.5) is 13.2 Å². The fourth-order valence-electron chi connectivity index (χ4n) is 2.00. The summed E-state index contributed by atoms with van der Waals surface area (Å²) in [6.45, 7) is 7.68. The molecule has 0 saturated carbocycles. The van der Waals surface area contributed by atoms with Crippen LogP contribution in [0.5, 0.6) is 0 Å². The van der Waals surface area contributed by atoms with Crippen molar-refractivity contribution in [1.82, 2.24) is 4.98 Å². The predicted octanol–water partition coefficient (Wildman–Crippen LogP) is 3.97. The molecule has 1 aromatic rings. The molecule has 0 saturated heterocycles. The van der Waals surface area contributed by atoms with Gasteiger partial charge >= 0.3 is 6.18 Å². The normalized spacial score (nSPS) is 14.3. The standard InChI is InChI=1S/C16H17ClF3NO2/c1-8(15(23)10(3)14(17)11(4)22)5-12-6-13(16(18,19)20)9(2)7-21-12/h6-7,15,23H,1,5H2,2-4H3/b14-10+. The van der Waals surface area contributed by atoms with Crippen LogP contribution >= 0.6 is 11.6 Å². The van der Waals surface area contributed by atoms with Gasteiger partial charge in [0.25, 0.3) is 0 Å². The van der Waals surface area contributed by atoms with Crippen LogP contribution in [0.25, 0.3) is 0 Å². The fraction of sp³-hybridized carbons (Fsp3) is 0.375. The van der Waals surface area contributed by atoms with Crippen LogP contribution in [0.1, 0.15) is 30.7 Å². The van der Waals surface area contributed by atoms with Gasteiger partial charge in [-0.15, -0.1) is 0 Å². The van der Waals surface area contributed by atoms with E-state index in [1.807, 2.05) is 0 Å². The van der Waals surface area contributed by atoms with Gasteiger partial charge in [-0.2, -0.15) is 13.2 Å². The quantitative estimate of drug-likeness (QED) is 0.647. The first kappa shape index (κ1) is 19.4. The smallest absolute Gasteiger partial charge is 0.384 e. The molecule has 0 radical (unpaired) electrons. The summed E-state index contributed by atoms with van der Waals surface area (Å²) in [5.74, 6) is -0.413. The van der Waals surface area contributed by atoms with E-state index in [2.05, 4.69) is 11.6 Å². The van der Waals surface area contributed by atoms with Crippen molar-refractivity contribution in [1.29, 1.82) is 0 Å². The lowest BCUT2D eigenvalue weighted by Crippen LogP contribution is -2.16. The lowest BCUT2D eigenvalue weighted by Gasteiger charge is -2.17. The van der Waals surface area contributed by atoms with Gasteiger partial charge in [-0.05, 0) is 36.6 Å². The third-order valence-electron chi connectivity index (χ3n) is 3.33. The maximum absolute atomic E-state index is 12.9. The minimum atomic E-state index is -4.48. The van der Waals surface area contributed by atoms with Crippen LogP contribution in [0, 0.1) is 6.92 Å². The van der Waals surface area contributed by atoms with Gasteiger partial charge in [-0.1, -0.05) is 18.2 Å². The van der Waals surface area contributed by atoms with Crippen molar-refractivity contribution >= 4 is 17.4 Å². The molecular weight excluding hydrogens is 331 g/mol. The van der Waals surface area contributed by atoms with Crippen LogP contribution in [0.15, 0.2) is 35.0 Å². The maximum atomic E-state index is 12.9. The number of allylic oxidation sites excluding steroid dienone is 1. The number of halogens is 4. The first-order chi connectivity index (χ1) is 10.4. The third-order valence-corrected chi connectivity index (χ3v) is 3.89. The molecule has 0 spiro atoms. The van der Waals surface area contributed by atoms with Gasteiger partial charge in [0.15, 0.2) is 5.78 Å². The summed E-state index contributed by atoms with van der Waals surface area (Å²) in [6.07, 6.45) is -4.65. The topological polar surface area (TPSA) is 50.2 Å². The van der Waals surface area contributed by atoms with Gasteiger partial charge in [0.2, 0.25) is 0 Å². The molecule has 1 unspecified atom stereocenters. The first-order valence-corrected chi connectivity index (χ1v) is 7.08. The Morgan fingerprint density at radius 3 is 2.48 bits per heavy atom. The number of carbonyl (C=O) groups excluding carboxylic acids is 1. The highest BCUT2D eigenvalue weighted by atomic mass is 35.5. The van der Waals surface area contributed by atoms with E-state index in [-0.39, 0.29) is 33.9 Å². The number of hydrogen-bond acceptors (Lipinski definition) is 3. The van der Waals surface area contributed by atoms with E-state index in [1.54, 1.807) is 0 Å². The second-order valence-electron chi connectivity index (χ2n) is 5.28. The number of aryl methyl sites for hydroxylation is 1. The third kappa shape index (κ3) is 4.91. The summed E-state index contributed by atoms with van der Waals surface area (Å²) in [6, 6.07) is 0.929. The number of pyridine rings is 1. The van der Waals surface area contributed by atoms with E-state index < -0.39 is 23.6 Å². The lowest BCUT2D eigenvalue weighted by atomic mass is 9.98. The van der Waals surface area contributed by atoms with Crippen LogP contribution in [-0.4, -0.2) is 22.0 Å². The van der Waals surface area contributed by atoms with Gasteiger partial charge in [0.05, 0.1) is 16.7 Å². The Morgan fingerprint density at radius 1 is 1.43 bits per heavy atom. The molecule has 7 heteroatoms. The Kier molecular flexibility index (Phi) is 6.13. The van der Waals surface area contributed by atoms with E-state index in [0.29, 0.717) is 0 Å². The number of rotatable bonds is 5. The number of carbonyl (C=O) groups is 1. The first-order valence-electron chi connectivity index (χ1n) is 6.70. The van der Waals surface area contributed by atoms with E-state index in [1.165, 1.54) is 20.8 Å². The zero-order valence-electron chi connectivity index (χ0n) is 13.0. The van der Waals surface area contributed by atoms with Crippen molar-refractivity contribution in [2.24, 2.45) is 0 Å². The number of aromatic nitrogens is 1. The Balaban J connectivity index is 3.03.